The van der Waals surface area contributed by atoms with Gasteiger partial charge < -0.3 is 0 Å². The maximum absolute atomic E-state index is 11.8. The van der Waals surface area contributed by atoms with Crippen LogP contribution in [0, 0.1) is 18.3 Å². The molecule has 1 aromatic rings. The molecule has 1 aromatic heterocycles. The Bertz CT molecular complexity index is 518. The van der Waals surface area contributed by atoms with Gasteiger partial charge in [0, 0.05) is 16.8 Å². The number of carbonyl (C=O) groups excluding carboxylic acids is 1. The third kappa shape index (κ3) is 4.92. The quantitative estimate of drug-likeness (QED) is 0.866. The van der Waals surface area contributed by atoms with Crippen molar-refractivity contribution in [2.45, 2.75) is 59.8 Å². The average molecular weight is 307 g/mol. The molecular formula is C16H25N3OS. The minimum Gasteiger partial charge on any atom is -0.273 e. The fourth-order valence-electron chi connectivity index (χ4n) is 2.73. The predicted molar refractivity (Wildman–Crippen MR) is 87.5 cm³/mol. The van der Waals surface area contributed by atoms with E-state index in [1.165, 1.54) is 24.2 Å². The van der Waals surface area contributed by atoms with Crippen molar-refractivity contribution >= 4 is 23.0 Å². The molecule has 5 heteroatoms. The maximum Gasteiger partial charge on any atom is 0.246 e. The molecule has 0 saturated heterocycles. The molecular weight excluding hydrogens is 282 g/mol. The van der Waals surface area contributed by atoms with Gasteiger partial charge in [0.15, 0.2) is 0 Å². The Morgan fingerprint density at radius 1 is 1.43 bits per heavy atom. The highest BCUT2D eigenvalue weighted by atomic mass is 32.1. The van der Waals surface area contributed by atoms with Gasteiger partial charge in [-0.2, -0.15) is 5.10 Å². The number of thiazole rings is 1. The van der Waals surface area contributed by atoms with E-state index in [-0.39, 0.29) is 5.91 Å². The van der Waals surface area contributed by atoms with Crippen LogP contribution in [-0.4, -0.2) is 16.6 Å². The SMILES string of the molecule is Cc1csc(CC(=O)NN=C2CCC(C(C)(C)C)CC2)n1. The molecule has 4 nitrogen and oxygen atoms in total. The number of aromatic nitrogens is 1. The van der Waals surface area contributed by atoms with Gasteiger partial charge in [-0.05, 0) is 43.9 Å². The number of hydrogen-bond acceptors (Lipinski definition) is 4. The highest BCUT2D eigenvalue weighted by Gasteiger charge is 2.28. The Hall–Kier alpha value is -1.23. The second-order valence-corrected chi connectivity index (χ2v) is 7.86. The number of nitrogens with zero attached hydrogens (tertiary/aromatic N) is 2. The van der Waals surface area contributed by atoms with Gasteiger partial charge in [0.2, 0.25) is 5.91 Å². The van der Waals surface area contributed by atoms with Gasteiger partial charge in [-0.1, -0.05) is 20.8 Å². The van der Waals surface area contributed by atoms with Crippen LogP contribution < -0.4 is 5.43 Å². The molecule has 0 radical (unpaired) electrons. The van der Waals surface area contributed by atoms with E-state index in [0.717, 1.165) is 35.2 Å². The normalized spacial score (nSPS) is 19.4. The zero-order chi connectivity index (χ0) is 15.5. The van der Waals surface area contributed by atoms with Gasteiger partial charge in [-0.15, -0.1) is 11.3 Å². The lowest BCUT2D eigenvalue weighted by Crippen LogP contribution is -2.28. The van der Waals surface area contributed by atoms with E-state index in [4.69, 9.17) is 0 Å². The smallest absolute Gasteiger partial charge is 0.246 e. The van der Waals surface area contributed by atoms with Crippen molar-refractivity contribution in [1.82, 2.24) is 10.4 Å². The van der Waals surface area contributed by atoms with Crippen LogP contribution in [0.2, 0.25) is 0 Å². The summed E-state index contributed by atoms with van der Waals surface area (Å²) in [5.74, 6) is 0.681. The second-order valence-electron chi connectivity index (χ2n) is 6.91. The largest absolute Gasteiger partial charge is 0.273 e. The van der Waals surface area contributed by atoms with Crippen molar-refractivity contribution in [3.63, 3.8) is 0 Å². The van der Waals surface area contributed by atoms with Gasteiger partial charge in [0.1, 0.15) is 5.01 Å². The number of nitrogens with one attached hydrogen (secondary N) is 1. The van der Waals surface area contributed by atoms with Crippen molar-refractivity contribution in [2.24, 2.45) is 16.4 Å². The number of hydrazone groups is 1. The van der Waals surface area contributed by atoms with Crippen molar-refractivity contribution < 1.29 is 4.79 Å². The van der Waals surface area contributed by atoms with E-state index in [9.17, 15) is 4.79 Å². The minimum absolute atomic E-state index is 0.0743. The van der Waals surface area contributed by atoms with Gasteiger partial charge in [0.25, 0.3) is 0 Å². The number of hydrogen-bond donors (Lipinski definition) is 1. The van der Waals surface area contributed by atoms with E-state index in [2.05, 4.69) is 36.3 Å². The van der Waals surface area contributed by atoms with Crippen LogP contribution in [0.25, 0.3) is 0 Å². The minimum atomic E-state index is -0.0743. The molecule has 0 aromatic carbocycles. The molecule has 2 rings (SSSR count). The Balaban J connectivity index is 1.79. The summed E-state index contributed by atoms with van der Waals surface area (Å²) in [5, 5.41) is 7.11. The Labute approximate surface area is 131 Å². The monoisotopic (exact) mass is 307 g/mol. The molecule has 0 spiro atoms. The van der Waals surface area contributed by atoms with Crippen LogP contribution in [0.4, 0.5) is 0 Å². The Kier molecular flexibility index (Phi) is 5.14. The molecule has 0 bridgehead atoms. The lowest BCUT2D eigenvalue weighted by Gasteiger charge is -2.34. The molecule has 1 heterocycles. The molecule has 116 valence electrons. The Morgan fingerprint density at radius 2 is 2.10 bits per heavy atom. The molecule has 1 aliphatic rings. The van der Waals surface area contributed by atoms with Gasteiger partial charge in [0.05, 0.1) is 6.42 Å². The summed E-state index contributed by atoms with van der Waals surface area (Å²) in [4.78, 5) is 16.1. The molecule has 0 aliphatic heterocycles. The van der Waals surface area contributed by atoms with Gasteiger partial charge >= 0.3 is 0 Å². The molecule has 1 amide bonds. The molecule has 21 heavy (non-hydrogen) atoms. The molecule has 0 unspecified atom stereocenters. The van der Waals surface area contributed by atoms with Gasteiger partial charge in [-0.25, -0.2) is 10.4 Å². The zero-order valence-electron chi connectivity index (χ0n) is 13.4. The first kappa shape index (κ1) is 16.1. The average Bonchev–Trinajstić information content (AvgIpc) is 2.81. The predicted octanol–water partition coefficient (Wildman–Crippen LogP) is 3.70. The first-order valence-electron chi connectivity index (χ1n) is 7.60. The van der Waals surface area contributed by atoms with Crippen LogP contribution in [0.5, 0.6) is 0 Å². The molecule has 1 N–H and O–H groups in total. The number of aryl methyl sites for hydroxylation is 1. The number of amides is 1. The Morgan fingerprint density at radius 3 is 2.62 bits per heavy atom. The number of rotatable bonds is 3. The van der Waals surface area contributed by atoms with Crippen LogP contribution in [0.3, 0.4) is 0 Å². The summed E-state index contributed by atoms with van der Waals surface area (Å²) in [6.45, 7) is 8.85. The van der Waals surface area contributed by atoms with Crippen LogP contribution >= 0.6 is 11.3 Å². The standard InChI is InChI=1S/C16H25N3OS/c1-11-10-21-15(17-11)9-14(20)19-18-13-7-5-12(6-8-13)16(2,3)4/h10,12H,5-9H2,1-4H3,(H,19,20). The van der Waals surface area contributed by atoms with Crippen LogP contribution in [0.1, 0.15) is 57.2 Å². The topological polar surface area (TPSA) is 54.4 Å². The highest BCUT2D eigenvalue weighted by molar-refractivity contribution is 7.09. The summed E-state index contributed by atoms with van der Waals surface area (Å²) in [6.07, 6.45) is 4.66. The lowest BCUT2D eigenvalue weighted by molar-refractivity contribution is -0.120. The molecule has 1 aliphatic carbocycles. The molecule has 1 fully saturated rings. The van der Waals surface area contributed by atoms with E-state index in [1.807, 2.05) is 12.3 Å². The highest BCUT2D eigenvalue weighted by Crippen LogP contribution is 2.36. The van der Waals surface area contributed by atoms with Crippen molar-refractivity contribution in [3.8, 4) is 0 Å². The van der Waals surface area contributed by atoms with Crippen molar-refractivity contribution in [3.05, 3.63) is 16.1 Å². The lowest BCUT2D eigenvalue weighted by atomic mass is 9.72. The van der Waals surface area contributed by atoms with E-state index in [0.29, 0.717) is 11.8 Å². The van der Waals surface area contributed by atoms with Gasteiger partial charge in [-0.3, -0.25) is 4.79 Å². The fourth-order valence-corrected chi connectivity index (χ4v) is 3.50. The van der Waals surface area contributed by atoms with E-state index >= 15 is 0 Å². The summed E-state index contributed by atoms with van der Waals surface area (Å²) in [6, 6.07) is 0. The van der Waals surface area contributed by atoms with E-state index in [1.54, 1.807) is 0 Å². The second kappa shape index (κ2) is 6.69. The fraction of sp³-hybridized carbons (Fsp3) is 0.688. The van der Waals surface area contributed by atoms with Crippen molar-refractivity contribution in [1.29, 1.82) is 0 Å². The molecule has 1 saturated carbocycles. The molecule has 0 atom stereocenters. The number of carbonyl (C=O) groups is 1. The summed E-state index contributed by atoms with van der Waals surface area (Å²) < 4.78 is 0. The summed E-state index contributed by atoms with van der Waals surface area (Å²) in [5.41, 5.74) is 5.14. The summed E-state index contributed by atoms with van der Waals surface area (Å²) in [7, 11) is 0. The van der Waals surface area contributed by atoms with Crippen LogP contribution in [0.15, 0.2) is 10.5 Å². The third-order valence-corrected chi connectivity index (χ3v) is 5.07. The maximum atomic E-state index is 11.8. The first-order chi connectivity index (χ1) is 9.84. The summed E-state index contributed by atoms with van der Waals surface area (Å²) >= 11 is 1.52. The third-order valence-electron chi connectivity index (χ3n) is 4.10. The van der Waals surface area contributed by atoms with Crippen LogP contribution in [-0.2, 0) is 11.2 Å². The first-order valence-corrected chi connectivity index (χ1v) is 8.48. The van der Waals surface area contributed by atoms with E-state index < -0.39 is 0 Å². The zero-order valence-corrected chi connectivity index (χ0v) is 14.2. The van der Waals surface area contributed by atoms with Crippen molar-refractivity contribution in [2.75, 3.05) is 0 Å².